The zero-order valence-corrected chi connectivity index (χ0v) is 8.81. The summed E-state index contributed by atoms with van der Waals surface area (Å²) in [5.74, 6) is -1.96. The summed E-state index contributed by atoms with van der Waals surface area (Å²) in [6, 6.07) is 1.39. The highest BCUT2D eigenvalue weighted by atomic mass is 35.5. The topological polar surface area (TPSA) is 99.5 Å². The van der Waals surface area contributed by atoms with Gasteiger partial charge in [0, 0.05) is 12.4 Å². The number of rotatable bonds is 4. The average molecular weight is 245 g/mol. The standard InChI is InChI=1S/C9H9ClN2O4/c10-6-3-11-2-1-5(6)8(14)12-4-7(13)9(15)16/h1-3,7,13H,4H2,(H,12,14)(H,15,16). The number of halogens is 1. The molecule has 0 aliphatic carbocycles. The first-order chi connectivity index (χ1) is 7.52. The fraction of sp³-hybridized carbons (Fsp3) is 0.222. The number of aliphatic hydroxyl groups excluding tert-OH is 1. The Kier molecular flexibility index (Phi) is 4.21. The van der Waals surface area contributed by atoms with E-state index in [-0.39, 0.29) is 17.1 Å². The first-order valence-corrected chi connectivity index (χ1v) is 4.68. The Balaban J connectivity index is 2.60. The number of carboxylic acids is 1. The van der Waals surface area contributed by atoms with Crippen molar-refractivity contribution in [2.24, 2.45) is 0 Å². The van der Waals surface area contributed by atoms with Gasteiger partial charge in [-0.2, -0.15) is 0 Å². The van der Waals surface area contributed by atoms with E-state index in [9.17, 15) is 9.59 Å². The summed E-state index contributed by atoms with van der Waals surface area (Å²) >= 11 is 5.69. The Morgan fingerprint density at radius 3 is 2.81 bits per heavy atom. The number of nitrogens with zero attached hydrogens (tertiary/aromatic N) is 1. The molecule has 86 valence electrons. The number of aromatic nitrogens is 1. The van der Waals surface area contributed by atoms with Crippen molar-refractivity contribution in [3.05, 3.63) is 29.0 Å². The molecule has 7 heteroatoms. The second-order valence-electron chi connectivity index (χ2n) is 2.92. The number of hydrogen-bond donors (Lipinski definition) is 3. The molecule has 1 rings (SSSR count). The monoisotopic (exact) mass is 244 g/mol. The smallest absolute Gasteiger partial charge is 0.334 e. The Bertz CT molecular complexity index is 410. The van der Waals surface area contributed by atoms with Crippen LogP contribution in [0.4, 0.5) is 0 Å². The molecule has 0 aliphatic rings. The molecule has 0 bridgehead atoms. The maximum atomic E-state index is 11.5. The van der Waals surface area contributed by atoms with Crippen LogP contribution in [-0.4, -0.2) is 39.7 Å². The van der Waals surface area contributed by atoms with Gasteiger partial charge in [-0.15, -0.1) is 0 Å². The van der Waals surface area contributed by atoms with Gasteiger partial charge in [-0.05, 0) is 6.07 Å². The number of carboxylic acid groups (broad SMARTS) is 1. The minimum atomic E-state index is -1.63. The van der Waals surface area contributed by atoms with Gasteiger partial charge in [-0.1, -0.05) is 11.6 Å². The lowest BCUT2D eigenvalue weighted by atomic mass is 10.2. The van der Waals surface area contributed by atoms with Crippen LogP contribution in [0.15, 0.2) is 18.5 Å². The van der Waals surface area contributed by atoms with Crippen molar-refractivity contribution in [3.63, 3.8) is 0 Å². The number of pyridine rings is 1. The van der Waals surface area contributed by atoms with Gasteiger partial charge in [0.25, 0.3) is 5.91 Å². The zero-order chi connectivity index (χ0) is 12.1. The number of amides is 1. The maximum Gasteiger partial charge on any atom is 0.334 e. The summed E-state index contributed by atoms with van der Waals surface area (Å²) in [4.78, 5) is 25.4. The summed E-state index contributed by atoms with van der Waals surface area (Å²) < 4.78 is 0. The normalized spacial score (nSPS) is 11.9. The molecule has 0 saturated heterocycles. The Morgan fingerprint density at radius 1 is 1.56 bits per heavy atom. The SMILES string of the molecule is O=C(NCC(O)C(=O)O)c1ccncc1Cl. The molecule has 0 saturated carbocycles. The first-order valence-electron chi connectivity index (χ1n) is 4.31. The van der Waals surface area contributed by atoms with Crippen molar-refractivity contribution in [1.29, 1.82) is 0 Å². The molecule has 0 spiro atoms. The number of carbonyl (C=O) groups is 2. The molecule has 1 aromatic heterocycles. The molecule has 1 unspecified atom stereocenters. The third-order valence-corrected chi connectivity index (χ3v) is 2.06. The maximum absolute atomic E-state index is 11.5. The highest BCUT2D eigenvalue weighted by molar-refractivity contribution is 6.33. The van der Waals surface area contributed by atoms with E-state index in [4.69, 9.17) is 21.8 Å². The third kappa shape index (κ3) is 3.18. The molecule has 0 aromatic carbocycles. The number of hydrogen-bond acceptors (Lipinski definition) is 4. The Morgan fingerprint density at radius 2 is 2.25 bits per heavy atom. The minimum absolute atomic E-state index is 0.157. The molecule has 0 radical (unpaired) electrons. The number of aliphatic hydroxyl groups is 1. The van der Waals surface area contributed by atoms with E-state index >= 15 is 0 Å². The van der Waals surface area contributed by atoms with Crippen molar-refractivity contribution in [3.8, 4) is 0 Å². The van der Waals surface area contributed by atoms with E-state index in [2.05, 4.69) is 10.3 Å². The highest BCUT2D eigenvalue weighted by Gasteiger charge is 2.16. The van der Waals surface area contributed by atoms with Crippen LogP contribution < -0.4 is 5.32 Å². The largest absolute Gasteiger partial charge is 0.479 e. The van der Waals surface area contributed by atoms with Crippen LogP contribution in [0.1, 0.15) is 10.4 Å². The van der Waals surface area contributed by atoms with Crippen molar-refractivity contribution >= 4 is 23.5 Å². The number of carbonyl (C=O) groups excluding carboxylic acids is 1. The lowest BCUT2D eigenvalue weighted by Gasteiger charge is -2.08. The van der Waals surface area contributed by atoms with Gasteiger partial charge in [-0.25, -0.2) is 4.79 Å². The van der Waals surface area contributed by atoms with E-state index in [0.29, 0.717) is 0 Å². The van der Waals surface area contributed by atoms with E-state index in [0.717, 1.165) is 0 Å². The third-order valence-electron chi connectivity index (χ3n) is 1.76. The fourth-order valence-corrected chi connectivity index (χ4v) is 1.14. The van der Waals surface area contributed by atoms with Gasteiger partial charge in [0.15, 0.2) is 6.10 Å². The minimum Gasteiger partial charge on any atom is -0.479 e. The first kappa shape index (κ1) is 12.4. The van der Waals surface area contributed by atoms with Crippen LogP contribution in [0.25, 0.3) is 0 Å². The van der Waals surface area contributed by atoms with Crippen LogP contribution in [0.5, 0.6) is 0 Å². The Hall–Kier alpha value is -1.66. The van der Waals surface area contributed by atoms with Crippen molar-refractivity contribution in [1.82, 2.24) is 10.3 Å². The lowest BCUT2D eigenvalue weighted by molar-refractivity contribution is -0.146. The molecule has 6 nitrogen and oxygen atoms in total. The van der Waals surface area contributed by atoms with Gasteiger partial charge in [0.1, 0.15) is 0 Å². The van der Waals surface area contributed by atoms with Gasteiger partial charge in [0.2, 0.25) is 0 Å². The second-order valence-corrected chi connectivity index (χ2v) is 3.33. The van der Waals surface area contributed by atoms with Crippen molar-refractivity contribution < 1.29 is 19.8 Å². The molecule has 3 N–H and O–H groups in total. The van der Waals surface area contributed by atoms with Crippen LogP contribution in [0, 0.1) is 0 Å². The van der Waals surface area contributed by atoms with Crippen LogP contribution in [0.3, 0.4) is 0 Å². The van der Waals surface area contributed by atoms with Crippen LogP contribution in [0.2, 0.25) is 5.02 Å². The van der Waals surface area contributed by atoms with Gasteiger partial charge in [0.05, 0.1) is 17.1 Å². The molecule has 0 fully saturated rings. The fourth-order valence-electron chi connectivity index (χ4n) is 0.931. The number of nitrogens with one attached hydrogen (secondary N) is 1. The second kappa shape index (κ2) is 5.43. The zero-order valence-electron chi connectivity index (χ0n) is 8.05. The molecule has 1 atom stereocenters. The predicted molar refractivity (Wildman–Crippen MR) is 55.2 cm³/mol. The molecule has 16 heavy (non-hydrogen) atoms. The van der Waals surface area contributed by atoms with Gasteiger partial charge in [-0.3, -0.25) is 9.78 Å². The van der Waals surface area contributed by atoms with Gasteiger partial charge >= 0.3 is 5.97 Å². The van der Waals surface area contributed by atoms with Crippen molar-refractivity contribution in [2.75, 3.05) is 6.54 Å². The molecule has 1 heterocycles. The number of aliphatic carboxylic acids is 1. The van der Waals surface area contributed by atoms with Crippen molar-refractivity contribution in [2.45, 2.75) is 6.10 Å². The summed E-state index contributed by atoms with van der Waals surface area (Å²) in [5, 5.41) is 19.7. The average Bonchev–Trinajstić information content (AvgIpc) is 2.25. The van der Waals surface area contributed by atoms with E-state index < -0.39 is 18.0 Å². The highest BCUT2D eigenvalue weighted by Crippen LogP contribution is 2.12. The summed E-state index contributed by atoms with van der Waals surface area (Å²) in [5.41, 5.74) is 0.175. The molecule has 1 amide bonds. The quantitative estimate of drug-likeness (QED) is 0.687. The molecule has 1 aromatic rings. The summed E-state index contributed by atoms with van der Waals surface area (Å²) in [7, 11) is 0. The van der Waals surface area contributed by atoms with E-state index in [1.807, 2.05) is 0 Å². The molecular weight excluding hydrogens is 236 g/mol. The van der Waals surface area contributed by atoms with Crippen LogP contribution in [-0.2, 0) is 4.79 Å². The van der Waals surface area contributed by atoms with E-state index in [1.54, 1.807) is 0 Å². The predicted octanol–water partition coefficient (Wildman–Crippen LogP) is -0.0897. The molecular formula is C9H9ClN2O4. The Labute approximate surface area is 95.9 Å². The van der Waals surface area contributed by atoms with Crippen LogP contribution >= 0.6 is 11.6 Å². The van der Waals surface area contributed by atoms with Gasteiger partial charge < -0.3 is 15.5 Å². The lowest BCUT2D eigenvalue weighted by Crippen LogP contribution is -2.36. The summed E-state index contributed by atoms with van der Waals surface area (Å²) in [6.45, 7) is -0.382. The molecule has 0 aliphatic heterocycles. The van der Waals surface area contributed by atoms with E-state index in [1.165, 1.54) is 18.5 Å². The summed E-state index contributed by atoms with van der Waals surface area (Å²) in [6.07, 6.45) is 1.04.